The maximum Gasteiger partial charge on any atom is 0.126 e. The van der Waals surface area contributed by atoms with Crippen molar-refractivity contribution in [2.75, 3.05) is 5.32 Å². The summed E-state index contributed by atoms with van der Waals surface area (Å²) in [5.74, 6) is -0.270. The Morgan fingerprint density at radius 3 is 2.30 bits per heavy atom. The van der Waals surface area contributed by atoms with Crippen molar-refractivity contribution in [3.8, 4) is 6.07 Å². The summed E-state index contributed by atoms with van der Waals surface area (Å²) in [5, 5.41) is 12.6. The highest BCUT2D eigenvalue weighted by atomic mass is 79.9. The van der Waals surface area contributed by atoms with E-state index < -0.39 is 5.54 Å². The van der Waals surface area contributed by atoms with Crippen LogP contribution in [0.4, 0.5) is 10.1 Å². The number of benzene rings is 2. The van der Waals surface area contributed by atoms with Crippen LogP contribution in [0.3, 0.4) is 0 Å². The molecule has 1 N–H and O–H groups in total. The molecule has 0 spiro atoms. The van der Waals surface area contributed by atoms with Gasteiger partial charge in [0.25, 0.3) is 0 Å². The smallest absolute Gasteiger partial charge is 0.126 e. The van der Waals surface area contributed by atoms with Gasteiger partial charge in [-0.2, -0.15) is 5.26 Å². The van der Waals surface area contributed by atoms with Crippen molar-refractivity contribution in [2.45, 2.75) is 18.9 Å². The molecule has 0 bridgehead atoms. The number of anilines is 1. The molecule has 2 nitrogen and oxygen atoms in total. The number of rotatable bonds is 4. The highest BCUT2D eigenvalue weighted by Gasteiger charge is 2.24. The summed E-state index contributed by atoms with van der Waals surface area (Å²) >= 11 is 3.37. The molecule has 20 heavy (non-hydrogen) atoms. The molecule has 1 atom stereocenters. The van der Waals surface area contributed by atoms with E-state index in [1.165, 1.54) is 12.1 Å². The maximum absolute atomic E-state index is 12.9. The molecule has 0 saturated carbocycles. The zero-order valence-corrected chi connectivity index (χ0v) is 12.6. The summed E-state index contributed by atoms with van der Waals surface area (Å²) in [6.45, 7) is 1.83. The lowest BCUT2D eigenvalue weighted by Gasteiger charge is -2.24. The number of hydrogen-bond donors (Lipinski definition) is 1. The first-order chi connectivity index (χ1) is 9.50. The molecule has 4 heteroatoms. The highest BCUT2D eigenvalue weighted by Crippen LogP contribution is 2.21. The van der Waals surface area contributed by atoms with Crippen LogP contribution >= 0.6 is 15.9 Å². The lowest BCUT2D eigenvalue weighted by Crippen LogP contribution is -2.35. The van der Waals surface area contributed by atoms with Gasteiger partial charge in [-0.3, -0.25) is 0 Å². The zero-order valence-electron chi connectivity index (χ0n) is 11.0. The molecule has 0 radical (unpaired) electrons. The van der Waals surface area contributed by atoms with Gasteiger partial charge in [-0.25, -0.2) is 4.39 Å². The lowest BCUT2D eigenvalue weighted by atomic mass is 9.94. The van der Waals surface area contributed by atoms with Gasteiger partial charge in [-0.15, -0.1) is 0 Å². The average Bonchev–Trinajstić information content (AvgIpc) is 2.44. The van der Waals surface area contributed by atoms with E-state index in [4.69, 9.17) is 0 Å². The summed E-state index contributed by atoms with van der Waals surface area (Å²) in [4.78, 5) is 0. The van der Waals surface area contributed by atoms with Gasteiger partial charge < -0.3 is 5.32 Å². The van der Waals surface area contributed by atoms with Crippen LogP contribution in [-0.4, -0.2) is 5.54 Å². The fraction of sp³-hybridized carbons (Fsp3) is 0.188. The summed E-state index contributed by atoms with van der Waals surface area (Å²) in [5.41, 5.74) is 1.05. The summed E-state index contributed by atoms with van der Waals surface area (Å²) in [7, 11) is 0. The minimum atomic E-state index is -0.744. The largest absolute Gasteiger partial charge is 0.367 e. The Bertz CT molecular complexity index is 567. The monoisotopic (exact) mass is 332 g/mol. The van der Waals surface area contributed by atoms with Crippen molar-refractivity contribution >= 4 is 21.6 Å². The van der Waals surface area contributed by atoms with Crippen LogP contribution in [0, 0.1) is 17.1 Å². The van der Waals surface area contributed by atoms with Crippen molar-refractivity contribution in [3.05, 3.63) is 64.4 Å². The van der Waals surface area contributed by atoms with Crippen LogP contribution in [-0.2, 0) is 6.42 Å². The average molecular weight is 333 g/mol. The molecule has 0 heterocycles. The molecular formula is C16H14BrFN2. The molecule has 0 aliphatic rings. The van der Waals surface area contributed by atoms with E-state index in [1.54, 1.807) is 12.1 Å². The molecule has 0 amide bonds. The van der Waals surface area contributed by atoms with Gasteiger partial charge in [0, 0.05) is 16.6 Å². The van der Waals surface area contributed by atoms with Gasteiger partial charge >= 0.3 is 0 Å². The van der Waals surface area contributed by atoms with Crippen molar-refractivity contribution in [2.24, 2.45) is 0 Å². The van der Waals surface area contributed by atoms with Crippen molar-refractivity contribution < 1.29 is 4.39 Å². The van der Waals surface area contributed by atoms with Crippen LogP contribution in [0.15, 0.2) is 53.0 Å². The van der Waals surface area contributed by atoms with Gasteiger partial charge in [0.2, 0.25) is 0 Å². The minimum absolute atomic E-state index is 0.270. The Morgan fingerprint density at radius 2 is 1.75 bits per heavy atom. The first-order valence-electron chi connectivity index (χ1n) is 6.20. The first-order valence-corrected chi connectivity index (χ1v) is 6.99. The van der Waals surface area contributed by atoms with E-state index in [9.17, 15) is 9.65 Å². The predicted molar refractivity (Wildman–Crippen MR) is 81.9 cm³/mol. The minimum Gasteiger partial charge on any atom is -0.367 e. The molecule has 1 unspecified atom stereocenters. The van der Waals surface area contributed by atoms with Crippen molar-refractivity contribution in [1.29, 1.82) is 5.26 Å². The predicted octanol–water partition coefficient (Wildman–Crippen LogP) is 4.53. The number of nitrogens with zero attached hydrogens (tertiary/aromatic N) is 1. The van der Waals surface area contributed by atoms with Gasteiger partial charge in [0.1, 0.15) is 11.4 Å². The second kappa shape index (κ2) is 6.06. The molecule has 2 aromatic carbocycles. The number of nitrogens with one attached hydrogen (secondary N) is 1. The summed E-state index contributed by atoms with van der Waals surface area (Å²) in [6, 6.07) is 16.2. The standard InChI is InChI=1S/C16H14BrFN2/c1-16(11-19,10-12-2-6-14(18)7-3-12)20-15-8-4-13(17)5-9-15/h2-9,20H,10H2,1H3. The fourth-order valence-electron chi connectivity index (χ4n) is 1.97. The van der Waals surface area contributed by atoms with Crippen LogP contribution < -0.4 is 5.32 Å². The Hall–Kier alpha value is -1.86. The highest BCUT2D eigenvalue weighted by molar-refractivity contribution is 9.10. The number of halogens is 2. The van der Waals surface area contributed by atoms with Crippen LogP contribution in [0.25, 0.3) is 0 Å². The second-order valence-corrected chi connectivity index (χ2v) is 5.79. The van der Waals surface area contributed by atoms with Gasteiger partial charge in [0.05, 0.1) is 6.07 Å². The molecule has 2 rings (SSSR count). The van der Waals surface area contributed by atoms with Gasteiger partial charge in [-0.1, -0.05) is 28.1 Å². The molecule has 102 valence electrons. The Balaban J connectivity index is 2.14. The number of nitriles is 1. The quantitative estimate of drug-likeness (QED) is 0.893. The molecule has 0 aliphatic carbocycles. The zero-order chi connectivity index (χ0) is 14.6. The summed E-state index contributed by atoms with van der Waals surface area (Å²) < 4.78 is 13.9. The fourth-order valence-corrected chi connectivity index (χ4v) is 2.24. The van der Waals surface area contributed by atoms with Crippen LogP contribution in [0.5, 0.6) is 0 Å². The van der Waals surface area contributed by atoms with Gasteiger partial charge in [-0.05, 0) is 48.9 Å². The molecule has 0 fully saturated rings. The molecule has 0 aromatic heterocycles. The lowest BCUT2D eigenvalue weighted by molar-refractivity contribution is 0.620. The van der Waals surface area contributed by atoms with E-state index in [-0.39, 0.29) is 5.82 Å². The molecule has 0 saturated heterocycles. The maximum atomic E-state index is 12.9. The van der Waals surface area contributed by atoms with E-state index in [2.05, 4.69) is 27.3 Å². The van der Waals surface area contributed by atoms with E-state index in [1.807, 2.05) is 31.2 Å². The second-order valence-electron chi connectivity index (χ2n) is 4.88. The SMILES string of the molecule is CC(C#N)(Cc1ccc(F)cc1)Nc1ccc(Br)cc1. The van der Waals surface area contributed by atoms with Crippen molar-refractivity contribution in [3.63, 3.8) is 0 Å². The van der Waals surface area contributed by atoms with Crippen LogP contribution in [0.1, 0.15) is 12.5 Å². The molecule has 0 aliphatic heterocycles. The normalized spacial score (nSPS) is 13.3. The van der Waals surface area contributed by atoms with E-state index in [0.29, 0.717) is 6.42 Å². The summed E-state index contributed by atoms with van der Waals surface area (Å²) in [6.07, 6.45) is 0.500. The molecule has 2 aromatic rings. The van der Waals surface area contributed by atoms with Gasteiger partial charge in [0.15, 0.2) is 0 Å². The Kier molecular flexibility index (Phi) is 4.41. The Labute approximate surface area is 126 Å². The third-order valence-electron chi connectivity index (χ3n) is 2.98. The molecular weight excluding hydrogens is 319 g/mol. The first kappa shape index (κ1) is 14.5. The third kappa shape index (κ3) is 3.82. The van der Waals surface area contributed by atoms with E-state index in [0.717, 1.165) is 15.7 Å². The Morgan fingerprint density at radius 1 is 1.15 bits per heavy atom. The van der Waals surface area contributed by atoms with E-state index >= 15 is 0 Å². The van der Waals surface area contributed by atoms with Crippen molar-refractivity contribution in [1.82, 2.24) is 0 Å². The topological polar surface area (TPSA) is 35.8 Å². The number of hydrogen-bond acceptors (Lipinski definition) is 2. The third-order valence-corrected chi connectivity index (χ3v) is 3.51. The van der Waals surface area contributed by atoms with Crippen LogP contribution in [0.2, 0.25) is 0 Å².